The molecule has 1 aliphatic heterocycles. The molecule has 4 rings (SSSR count). The Morgan fingerprint density at radius 3 is 2.70 bits per heavy atom. The van der Waals surface area contributed by atoms with E-state index in [1.54, 1.807) is 12.0 Å². The van der Waals surface area contributed by atoms with Crippen LogP contribution in [0.1, 0.15) is 27.9 Å². The lowest BCUT2D eigenvalue weighted by atomic mass is 10.1. The maximum atomic E-state index is 12.6. The van der Waals surface area contributed by atoms with Crippen molar-refractivity contribution < 1.29 is 9.53 Å². The van der Waals surface area contributed by atoms with Crippen molar-refractivity contribution in [2.24, 2.45) is 0 Å². The first kappa shape index (κ1) is 17.6. The zero-order chi connectivity index (χ0) is 19.0. The van der Waals surface area contributed by atoms with Gasteiger partial charge in [0.05, 0.1) is 17.6 Å². The number of carbonyl (C=O) groups is 1. The Morgan fingerprint density at radius 1 is 1.19 bits per heavy atom. The molecule has 27 heavy (non-hydrogen) atoms. The smallest absolute Gasteiger partial charge is 0.258 e. The topological polar surface area (TPSA) is 42.4 Å². The summed E-state index contributed by atoms with van der Waals surface area (Å²) in [5.74, 6) is 0.767. The van der Waals surface area contributed by atoms with Crippen molar-refractivity contribution >= 4 is 34.1 Å². The summed E-state index contributed by atoms with van der Waals surface area (Å²) >= 11 is 6.60. The molecule has 5 heteroatoms. The fraction of sp³-hybridized carbons (Fsp3) is 0.182. The number of pyridine rings is 1. The van der Waals surface area contributed by atoms with Crippen LogP contribution in [0.15, 0.2) is 55.2 Å². The molecule has 0 saturated carbocycles. The predicted molar refractivity (Wildman–Crippen MR) is 108 cm³/mol. The van der Waals surface area contributed by atoms with Gasteiger partial charge in [-0.3, -0.25) is 9.78 Å². The molecule has 0 atom stereocenters. The van der Waals surface area contributed by atoms with Gasteiger partial charge in [-0.05, 0) is 42.7 Å². The lowest BCUT2D eigenvalue weighted by molar-refractivity contribution is 0.0849. The number of nitrogens with zero attached hydrogens (tertiary/aromatic N) is 2. The molecule has 0 fully saturated rings. The summed E-state index contributed by atoms with van der Waals surface area (Å²) in [6.45, 7) is 4.68. The average Bonchev–Trinajstić information content (AvgIpc) is 2.94. The molecule has 0 unspecified atom stereocenters. The van der Waals surface area contributed by atoms with Crippen LogP contribution in [0.4, 0.5) is 0 Å². The Balaban J connectivity index is 1.49. The van der Waals surface area contributed by atoms with Crippen LogP contribution in [0.5, 0.6) is 5.75 Å². The van der Waals surface area contributed by atoms with Crippen LogP contribution in [-0.2, 0) is 6.42 Å². The molecule has 1 amide bonds. The standard InChI is InChI=1S/C22H19ClN2O2/c1-14-17-7-3-4-8-18(17)22(26)25(14)11-5-6-15-13-24-20-10-9-16(27-2)12-19(20)21(15)23/h3-4,7-10,12-13H,1,5-6,11H2,2H3. The highest BCUT2D eigenvalue weighted by atomic mass is 35.5. The fourth-order valence-electron chi connectivity index (χ4n) is 3.48. The molecule has 0 aliphatic carbocycles. The zero-order valence-corrected chi connectivity index (χ0v) is 15.8. The summed E-state index contributed by atoms with van der Waals surface area (Å²) in [5.41, 5.74) is 4.21. The van der Waals surface area contributed by atoms with Gasteiger partial charge < -0.3 is 9.64 Å². The van der Waals surface area contributed by atoms with E-state index in [9.17, 15) is 4.79 Å². The van der Waals surface area contributed by atoms with Crippen molar-refractivity contribution in [3.05, 3.63) is 77.0 Å². The van der Waals surface area contributed by atoms with E-state index in [4.69, 9.17) is 16.3 Å². The minimum atomic E-state index is 0.0167. The van der Waals surface area contributed by atoms with E-state index in [0.717, 1.165) is 51.9 Å². The Kier molecular flexibility index (Phi) is 4.58. The summed E-state index contributed by atoms with van der Waals surface area (Å²) < 4.78 is 5.28. The van der Waals surface area contributed by atoms with Crippen molar-refractivity contribution in [2.75, 3.05) is 13.7 Å². The molecule has 4 nitrogen and oxygen atoms in total. The van der Waals surface area contributed by atoms with E-state index in [0.29, 0.717) is 11.6 Å². The second kappa shape index (κ2) is 7.05. The summed E-state index contributed by atoms with van der Waals surface area (Å²) in [6, 6.07) is 13.3. The number of carbonyl (C=O) groups excluding carboxylic acids is 1. The first-order valence-corrected chi connectivity index (χ1v) is 9.19. The monoisotopic (exact) mass is 378 g/mol. The zero-order valence-electron chi connectivity index (χ0n) is 15.0. The van der Waals surface area contributed by atoms with E-state index in [2.05, 4.69) is 11.6 Å². The lowest BCUT2D eigenvalue weighted by Crippen LogP contribution is -2.24. The average molecular weight is 379 g/mol. The van der Waals surface area contributed by atoms with Gasteiger partial charge in [0.2, 0.25) is 0 Å². The van der Waals surface area contributed by atoms with Crippen LogP contribution in [0, 0.1) is 0 Å². The third-order valence-electron chi connectivity index (χ3n) is 4.95. The molecule has 0 bridgehead atoms. The molecular formula is C22H19ClN2O2. The SMILES string of the molecule is C=C1c2ccccc2C(=O)N1CCCc1cnc2ccc(OC)cc2c1Cl. The van der Waals surface area contributed by atoms with Crippen LogP contribution < -0.4 is 4.74 Å². The summed E-state index contributed by atoms with van der Waals surface area (Å²) in [4.78, 5) is 18.8. The highest BCUT2D eigenvalue weighted by Gasteiger charge is 2.29. The number of benzene rings is 2. The van der Waals surface area contributed by atoms with Gasteiger partial charge >= 0.3 is 0 Å². The maximum Gasteiger partial charge on any atom is 0.258 e. The number of halogens is 1. The number of aromatic nitrogens is 1. The number of hydrogen-bond donors (Lipinski definition) is 0. The van der Waals surface area contributed by atoms with Gasteiger partial charge in [0.1, 0.15) is 5.75 Å². The predicted octanol–water partition coefficient (Wildman–Crippen LogP) is 4.96. The van der Waals surface area contributed by atoms with Crippen LogP contribution in [0.3, 0.4) is 0 Å². The molecule has 136 valence electrons. The summed E-state index contributed by atoms with van der Waals surface area (Å²) in [7, 11) is 1.63. The number of fused-ring (bicyclic) bond motifs is 2. The molecule has 0 saturated heterocycles. The largest absolute Gasteiger partial charge is 0.497 e. The Hall–Kier alpha value is -2.85. The molecule has 0 N–H and O–H groups in total. The van der Waals surface area contributed by atoms with Gasteiger partial charge in [0.15, 0.2) is 0 Å². The van der Waals surface area contributed by atoms with Crippen molar-refractivity contribution in [1.82, 2.24) is 9.88 Å². The molecule has 0 radical (unpaired) electrons. The highest BCUT2D eigenvalue weighted by Crippen LogP contribution is 2.32. The van der Waals surface area contributed by atoms with Crippen molar-refractivity contribution in [2.45, 2.75) is 12.8 Å². The first-order valence-electron chi connectivity index (χ1n) is 8.81. The molecule has 1 aliphatic rings. The van der Waals surface area contributed by atoms with Crippen molar-refractivity contribution in [3.63, 3.8) is 0 Å². The van der Waals surface area contributed by atoms with Crippen molar-refractivity contribution in [3.8, 4) is 5.75 Å². The number of aryl methyl sites for hydroxylation is 1. The number of amides is 1. The van der Waals surface area contributed by atoms with Crippen molar-refractivity contribution in [1.29, 1.82) is 0 Å². The number of hydrogen-bond acceptors (Lipinski definition) is 3. The quantitative estimate of drug-likeness (QED) is 0.630. The fourth-order valence-corrected chi connectivity index (χ4v) is 3.78. The van der Waals surface area contributed by atoms with Gasteiger partial charge in [0.25, 0.3) is 5.91 Å². The van der Waals surface area contributed by atoms with Gasteiger partial charge in [0, 0.05) is 35.0 Å². The third-order valence-corrected chi connectivity index (χ3v) is 5.40. The van der Waals surface area contributed by atoms with E-state index < -0.39 is 0 Å². The summed E-state index contributed by atoms with van der Waals surface area (Å²) in [6.07, 6.45) is 3.31. The van der Waals surface area contributed by atoms with E-state index >= 15 is 0 Å². The Labute approximate surface area is 163 Å². The number of rotatable bonds is 5. The molecular weight excluding hydrogens is 360 g/mol. The van der Waals surface area contributed by atoms with Gasteiger partial charge in [-0.15, -0.1) is 0 Å². The van der Waals surface area contributed by atoms with Crippen LogP contribution in [0.2, 0.25) is 5.02 Å². The van der Waals surface area contributed by atoms with Crippen LogP contribution in [-0.4, -0.2) is 29.4 Å². The molecule has 3 aromatic rings. The van der Waals surface area contributed by atoms with Gasteiger partial charge in [-0.2, -0.15) is 0 Å². The van der Waals surface area contributed by atoms with E-state index in [1.807, 2.05) is 48.7 Å². The van der Waals surface area contributed by atoms with E-state index in [-0.39, 0.29) is 5.91 Å². The second-order valence-corrected chi connectivity index (χ2v) is 6.91. The van der Waals surface area contributed by atoms with Gasteiger partial charge in [-0.25, -0.2) is 0 Å². The van der Waals surface area contributed by atoms with E-state index in [1.165, 1.54) is 0 Å². The number of methoxy groups -OCH3 is 1. The first-order chi connectivity index (χ1) is 13.1. The maximum absolute atomic E-state index is 12.6. The summed E-state index contributed by atoms with van der Waals surface area (Å²) in [5, 5.41) is 1.57. The minimum absolute atomic E-state index is 0.0167. The van der Waals surface area contributed by atoms with Crippen LogP contribution in [0.25, 0.3) is 16.6 Å². The lowest BCUT2D eigenvalue weighted by Gasteiger charge is -2.17. The normalized spacial score (nSPS) is 13.3. The van der Waals surface area contributed by atoms with Crippen LogP contribution >= 0.6 is 11.6 Å². The molecule has 2 aromatic carbocycles. The van der Waals surface area contributed by atoms with Gasteiger partial charge in [-0.1, -0.05) is 36.4 Å². The Morgan fingerprint density at radius 2 is 1.96 bits per heavy atom. The molecule has 1 aromatic heterocycles. The second-order valence-electron chi connectivity index (χ2n) is 6.53. The third kappa shape index (κ3) is 3.06. The minimum Gasteiger partial charge on any atom is -0.497 e. The highest BCUT2D eigenvalue weighted by molar-refractivity contribution is 6.36. The molecule has 0 spiro atoms. The Bertz CT molecular complexity index is 1030. The number of ether oxygens (including phenoxy) is 1. The molecule has 2 heterocycles.